The summed E-state index contributed by atoms with van der Waals surface area (Å²) in [6.45, 7) is 4.86. The highest BCUT2D eigenvalue weighted by Gasteiger charge is 2.32. The largest absolute Gasteiger partial charge is 0.550 e. The molecule has 1 fully saturated rings. The molecular formula is C20H22NO5S2-. The maximum absolute atomic E-state index is 12.8. The van der Waals surface area contributed by atoms with Gasteiger partial charge in [0.2, 0.25) is 0 Å². The van der Waals surface area contributed by atoms with Gasteiger partial charge in [0, 0.05) is 30.1 Å². The van der Waals surface area contributed by atoms with Crippen LogP contribution in [-0.2, 0) is 16.0 Å². The molecule has 0 bridgehead atoms. The highest BCUT2D eigenvalue weighted by molar-refractivity contribution is 8.26. The fourth-order valence-corrected chi connectivity index (χ4v) is 4.52. The van der Waals surface area contributed by atoms with Crippen molar-refractivity contribution in [2.75, 3.05) is 13.2 Å². The SMILES string of the molecule is CCOc1cc2c(cc1/C=C1\SC(=S)N(CCCCC(=O)[O-])C1=O)O[C@H](C)C2. The Morgan fingerprint density at radius 3 is 2.96 bits per heavy atom. The first-order chi connectivity index (χ1) is 13.4. The lowest BCUT2D eigenvalue weighted by Gasteiger charge is -2.14. The lowest BCUT2D eigenvalue weighted by Crippen LogP contribution is -2.29. The number of fused-ring (bicyclic) bond motifs is 1. The number of carboxylic acids is 1. The van der Waals surface area contributed by atoms with Crippen LogP contribution < -0.4 is 14.6 Å². The number of rotatable bonds is 8. The number of thiocarbonyl (C=S) groups is 1. The van der Waals surface area contributed by atoms with Gasteiger partial charge in [-0.1, -0.05) is 24.0 Å². The van der Waals surface area contributed by atoms with E-state index in [0.717, 1.165) is 29.0 Å². The fourth-order valence-electron chi connectivity index (χ4n) is 3.22. The van der Waals surface area contributed by atoms with Gasteiger partial charge in [-0.2, -0.15) is 0 Å². The molecule has 0 spiro atoms. The van der Waals surface area contributed by atoms with Crippen molar-refractivity contribution in [3.05, 3.63) is 28.2 Å². The van der Waals surface area contributed by atoms with Gasteiger partial charge in [-0.25, -0.2) is 0 Å². The van der Waals surface area contributed by atoms with Gasteiger partial charge in [0.1, 0.15) is 21.9 Å². The summed E-state index contributed by atoms with van der Waals surface area (Å²) in [5.41, 5.74) is 1.89. The molecule has 0 saturated carbocycles. The Balaban J connectivity index is 1.78. The number of ether oxygens (including phenoxy) is 2. The molecule has 1 saturated heterocycles. The average Bonchev–Trinajstić information content (AvgIpc) is 3.11. The first-order valence-corrected chi connectivity index (χ1v) is 10.5. The number of aliphatic carboxylic acids is 1. The number of carbonyl (C=O) groups excluding carboxylic acids is 2. The van der Waals surface area contributed by atoms with E-state index in [4.69, 9.17) is 21.7 Å². The predicted molar refractivity (Wildman–Crippen MR) is 110 cm³/mol. The predicted octanol–water partition coefficient (Wildman–Crippen LogP) is 2.53. The van der Waals surface area contributed by atoms with Crippen molar-refractivity contribution < 1.29 is 24.2 Å². The summed E-state index contributed by atoms with van der Waals surface area (Å²) in [7, 11) is 0. The molecule has 0 unspecified atom stereocenters. The molecule has 1 atom stereocenters. The van der Waals surface area contributed by atoms with E-state index in [9.17, 15) is 14.7 Å². The van der Waals surface area contributed by atoms with Gasteiger partial charge in [0.05, 0.1) is 11.5 Å². The van der Waals surface area contributed by atoms with Crippen LogP contribution in [0.1, 0.15) is 44.2 Å². The van der Waals surface area contributed by atoms with Crippen molar-refractivity contribution in [2.45, 2.75) is 45.6 Å². The van der Waals surface area contributed by atoms with E-state index < -0.39 is 5.97 Å². The van der Waals surface area contributed by atoms with Gasteiger partial charge >= 0.3 is 0 Å². The van der Waals surface area contributed by atoms with E-state index in [1.807, 2.05) is 26.0 Å². The molecular weight excluding hydrogens is 398 g/mol. The van der Waals surface area contributed by atoms with Crippen LogP contribution >= 0.6 is 24.0 Å². The van der Waals surface area contributed by atoms with Gasteiger partial charge in [-0.05, 0) is 51.3 Å². The van der Waals surface area contributed by atoms with Gasteiger partial charge in [0.15, 0.2) is 0 Å². The number of unbranched alkanes of at least 4 members (excludes halogenated alkanes) is 1. The van der Waals surface area contributed by atoms with Gasteiger partial charge in [0.25, 0.3) is 5.91 Å². The number of carbonyl (C=O) groups is 2. The molecule has 2 aliphatic rings. The third-order valence-corrected chi connectivity index (χ3v) is 5.88. The van der Waals surface area contributed by atoms with Crippen LogP contribution in [0.2, 0.25) is 0 Å². The number of hydrogen-bond donors (Lipinski definition) is 0. The Morgan fingerprint density at radius 1 is 1.46 bits per heavy atom. The minimum absolute atomic E-state index is 0.0180. The van der Waals surface area contributed by atoms with Crippen LogP contribution in [0.15, 0.2) is 17.0 Å². The topological polar surface area (TPSA) is 78.9 Å². The van der Waals surface area contributed by atoms with Crippen molar-refractivity contribution in [3.63, 3.8) is 0 Å². The van der Waals surface area contributed by atoms with Gasteiger partial charge < -0.3 is 19.4 Å². The normalized spacial score (nSPS) is 19.9. The van der Waals surface area contributed by atoms with Crippen molar-refractivity contribution in [1.82, 2.24) is 4.90 Å². The van der Waals surface area contributed by atoms with Crippen LogP contribution in [0.5, 0.6) is 11.5 Å². The monoisotopic (exact) mass is 420 g/mol. The van der Waals surface area contributed by atoms with Gasteiger partial charge in [-0.15, -0.1) is 0 Å². The summed E-state index contributed by atoms with van der Waals surface area (Å²) in [6.07, 6.45) is 3.74. The van der Waals surface area contributed by atoms with E-state index in [1.54, 1.807) is 6.08 Å². The molecule has 0 aromatic heterocycles. The van der Waals surface area contributed by atoms with E-state index >= 15 is 0 Å². The molecule has 6 nitrogen and oxygen atoms in total. The second kappa shape index (κ2) is 8.96. The molecule has 2 heterocycles. The quantitative estimate of drug-likeness (QED) is 0.363. The van der Waals surface area contributed by atoms with Crippen LogP contribution in [0.4, 0.5) is 0 Å². The average molecular weight is 421 g/mol. The molecule has 28 heavy (non-hydrogen) atoms. The van der Waals surface area contributed by atoms with Crippen LogP contribution in [0.3, 0.4) is 0 Å². The van der Waals surface area contributed by atoms with Crippen LogP contribution in [0.25, 0.3) is 6.08 Å². The maximum atomic E-state index is 12.8. The summed E-state index contributed by atoms with van der Waals surface area (Å²) in [6, 6.07) is 3.89. The molecule has 3 rings (SSSR count). The third kappa shape index (κ3) is 4.67. The third-order valence-electron chi connectivity index (χ3n) is 4.50. The molecule has 1 amide bonds. The standard InChI is InChI=1S/C20H23NO5S2/c1-3-25-15-9-13-8-12(2)26-16(13)10-14(15)11-17-19(24)21(20(27)28-17)7-5-4-6-18(22)23/h9-12H,3-8H2,1-2H3,(H,22,23)/p-1/b17-11-/t12-/m1/s1. The Labute approximate surface area is 173 Å². The second-order valence-electron chi connectivity index (χ2n) is 6.73. The summed E-state index contributed by atoms with van der Waals surface area (Å²) in [5, 5.41) is 10.5. The second-order valence-corrected chi connectivity index (χ2v) is 8.40. The van der Waals surface area contributed by atoms with Crippen LogP contribution in [0, 0.1) is 0 Å². The Kier molecular flexibility index (Phi) is 6.61. The molecule has 8 heteroatoms. The molecule has 0 aliphatic carbocycles. The smallest absolute Gasteiger partial charge is 0.266 e. The van der Waals surface area contributed by atoms with Crippen molar-refractivity contribution in [3.8, 4) is 11.5 Å². The molecule has 2 aliphatic heterocycles. The lowest BCUT2D eigenvalue weighted by molar-refractivity contribution is -0.305. The number of carboxylic acid groups (broad SMARTS) is 1. The van der Waals surface area contributed by atoms with Gasteiger partial charge in [-0.3, -0.25) is 9.69 Å². The molecule has 150 valence electrons. The summed E-state index contributed by atoms with van der Waals surface area (Å²) >= 11 is 6.58. The van der Waals surface area contributed by atoms with E-state index in [1.165, 1.54) is 16.7 Å². The maximum Gasteiger partial charge on any atom is 0.266 e. The Morgan fingerprint density at radius 2 is 2.25 bits per heavy atom. The highest BCUT2D eigenvalue weighted by atomic mass is 32.2. The first-order valence-electron chi connectivity index (χ1n) is 9.30. The van der Waals surface area contributed by atoms with Crippen molar-refractivity contribution in [2.24, 2.45) is 0 Å². The van der Waals surface area contributed by atoms with Crippen molar-refractivity contribution in [1.29, 1.82) is 0 Å². The molecule has 0 N–H and O–H groups in total. The number of thioether (sulfide) groups is 1. The number of benzene rings is 1. The Bertz CT molecular complexity index is 836. The fraction of sp³-hybridized carbons (Fsp3) is 0.450. The molecule has 1 aromatic carbocycles. The minimum Gasteiger partial charge on any atom is -0.550 e. The number of amides is 1. The van der Waals surface area contributed by atoms with Crippen molar-refractivity contribution >= 4 is 46.3 Å². The van der Waals surface area contributed by atoms with E-state index in [0.29, 0.717) is 35.2 Å². The number of nitrogens with zero attached hydrogens (tertiary/aromatic N) is 1. The van der Waals surface area contributed by atoms with Crippen LogP contribution in [-0.4, -0.2) is 40.4 Å². The summed E-state index contributed by atoms with van der Waals surface area (Å²) < 4.78 is 12.1. The molecule has 1 aromatic rings. The summed E-state index contributed by atoms with van der Waals surface area (Å²) in [4.78, 5) is 25.3. The highest BCUT2D eigenvalue weighted by Crippen LogP contribution is 2.39. The lowest BCUT2D eigenvalue weighted by atomic mass is 10.1. The van der Waals surface area contributed by atoms with E-state index in [2.05, 4.69) is 0 Å². The zero-order chi connectivity index (χ0) is 20.3. The Hall–Kier alpha value is -2.06. The van der Waals surface area contributed by atoms with E-state index in [-0.39, 0.29) is 18.4 Å². The zero-order valence-electron chi connectivity index (χ0n) is 15.9. The molecule has 0 radical (unpaired) electrons. The first kappa shape index (κ1) is 20.7. The number of hydrogen-bond acceptors (Lipinski definition) is 7. The summed E-state index contributed by atoms with van der Waals surface area (Å²) in [5.74, 6) is 0.292. The minimum atomic E-state index is -1.08. The zero-order valence-corrected chi connectivity index (χ0v) is 17.5.